The molecule has 0 aliphatic heterocycles. The van der Waals surface area contributed by atoms with Crippen molar-refractivity contribution in [3.63, 3.8) is 0 Å². The molecule has 1 unspecified atom stereocenters. The van der Waals surface area contributed by atoms with Crippen LogP contribution in [0.4, 0.5) is 0 Å². The first-order chi connectivity index (χ1) is 8.11. The van der Waals surface area contributed by atoms with Crippen molar-refractivity contribution >= 4 is 23.2 Å². The molecule has 0 fully saturated rings. The van der Waals surface area contributed by atoms with E-state index in [0.29, 0.717) is 15.6 Å². The van der Waals surface area contributed by atoms with Gasteiger partial charge in [0.15, 0.2) is 0 Å². The summed E-state index contributed by atoms with van der Waals surface area (Å²) >= 11 is 12.0. The van der Waals surface area contributed by atoms with Crippen molar-refractivity contribution in [2.45, 2.75) is 13.0 Å². The Morgan fingerprint density at radius 2 is 1.94 bits per heavy atom. The molecule has 1 N–H and O–H groups in total. The summed E-state index contributed by atoms with van der Waals surface area (Å²) in [5, 5.41) is 11.1. The van der Waals surface area contributed by atoms with Gasteiger partial charge in [0, 0.05) is 23.5 Å². The number of aromatic nitrogens is 1. The second-order valence-electron chi connectivity index (χ2n) is 3.78. The molecule has 4 heteroatoms. The molecule has 0 spiro atoms. The van der Waals surface area contributed by atoms with E-state index in [1.807, 2.05) is 13.0 Å². The number of benzene rings is 1. The zero-order valence-corrected chi connectivity index (χ0v) is 10.7. The molecule has 1 atom stereocenters. The van der Waals surface area contributed by atoms with Crippen LogP contribution in [0.3, 0.4) is 0 Å². The van der Waals surface area contributed by atoms with E-state index in [9.17, 15) is 5.11 Å². The smallest absolute Gasteiger partial charge is 0.107 e. The first kappa shape index (κ1) is 12.4. The van der Waals surface area contributed by atoms with Crippen LogP contribution < -0.4 is 0 Å². The summed E-state index contributed by atoms with van der Waals surface area (Å²) in [6.45, 7) is 1.92. The number of pyridine rings is 1. The van der Waals surface area contributed by atoms with Gasteiger partial charge in [0.25, 0.3) is 0 Å². The Morgan fingerprint density at radius 3 is 2.65 bits per heavy atom. The molecule has 17 heavy (non-hydrogen) atoms. The van der Waals surface area contributed by atoms with Gasteiger partial charge in [0.1, 0.15) is 6.10 Å². The molecule has 0 saturated heterocycles. The Balaban J connectivity index is 2.48. The van der Waals surface area contributed by atoms with Crippen molar-refractivity contribution in [2.75, 3.05) is 0 Å². The van der Waals surface area contributed by atoms with Gasteiger partial charge in [-0.25, -0.2) is 0 Å². The van der Waals surface area contributed by atoms with Gasteiger partial charge in [0.05, 0.1) is 10.0 Å². The molecule has 0 aliphatic carbocycles. The largest absolute Gasteiger partial charge is 0.384 e. The number of aryl methyl sites for hydroxylation is 1. The average Bonchev–Trinajstić information content (AvgIpc) is 2.32. The van der Waals surface area contributed by atoms with E-state index in [-0.39, 0.29) is 0 Å². The van der Waals surface area contributed by atoms with Crippen molar-refractivity contribution in [1.82, 2.24) is 4.98 Å². The number of aliphatic hydroxyl groups is 1. The Bertz CT molecular complexity index is 543. The standard InChI is InChI=1S/C13H11Cl2NO/c1-8-5-6-16-7-10(8)13(17)9-3-2-4-11(14)12(9)15/h2-7,13,17H,1H3. The van der Waals surface area contributed by atoms with Gasteiger partial charge in [0.2, 0.25) is 0 Å². The average molecular weight is 268 g/mol. The fraction of sp³-hybridized carbons (Fsp3) is 0.154. The summed E-state index contributed by atoms with van der Waals surface area (Å²) < 4.78 is 0. The summed E-state index contributed by atoms with van der Waals surface area (Å²) in [7, 11) is 0. The predicted molar refractivity (Wildman–Crippen MR) is 69.5 cm³/mol. The van der Waals surface area contributed by atoms with Gasteiger partial charge in [-0.2, -0.15) is 0 Å². The Kier molecular flexibility index (Phi) is 3.67. The number of rotatable bonds is 2. The van der Waals surface area contributed by atoms with Crippen LogP contribution in [-0.4, -0.2) is 10.1 Å². The molecule has 1 aromatic carbocycles. The molecule has 88 valence electrons. The number of nitrogens with zero attached hydrogens (tertiary/aromatic N) is 1. The van der Waals surface area contributed by atoms with Crippen LogP contribution >= 0.6 is 23.2 Å². The van der Waals surface area contributed by atoms with Gasteiger partial charge in [-0.1, -0.05) is 35.3 Å². The third kappa shape index (κ3) is 2.44. The molecule has 0 aliphatic rings. The highest BCUT2D eigenvalue weighted by molar-refractivity contribution is 6.42. The van der Waals surface area contributed by atoms with Crippen molar-refractivity contribution in [1.29, 1.82) is 0 Å². The van der Waals surface area contributed by atoms with Crippen LogP contribution in [0.5, 0.6) is 0 Å². The fourth-order valence-electron chi connectivity index (χ4n) is 1.66. The summed E-state index contributed by atoms with van der Waals surface area (Å²) in [6.07, 6.45) is 2.51. The first-order valence-corrected chi connectivity index (χ1v) is 5.89. The molecule has 0 saturated carbocycles. The summed E-state index contributed by atoms with van der Waals surface area (Å²) in [6, 6.07) is 7.05. The van der Waals surface area contributed by atoms with E-state index in [2.05, 4.69) is 4.98 Å². The van der Waals surface area contributed by atoms with E-state index in [1.165, 1.54) is 0 Å². The molecular weight excluding hydrogens is 257 g/mol. The molecule has 2 rings (SSSR count). The molecule has 1 aromatic heterocycles. The van der Waals surface area contributed by atoms with Crippen LogP contribution in [-0.2, 0) is 0 Å². The van der Waals surface area contributed by atoms with Crippen molar-refractivity contribution in [2.24, 2.45) is 0 Å². The molecule has 0 radical (unpaired) electrons. The molecular formula is C13H11Cl2NO. The second-order valence-corrected chi connectivity index (χ2v) is 4.56. The third-order valence-electron chi connectivity index (χ3n) is 2.65. The zero-order valence-electron chi connectivity index (χ0n) is 9.19. The number of halogens is 2. The predicted octanol–water partition coefficient (Wildman–Crippen LogP) is 3.78. The maximum Gasteiger partial charge on any atom is 0.107 e. The highest BCUT2D eigenvalue weighted by atomic mass is 35.5. The van der Waals surface area contributed by atoms with Crippen molar-refractivity contribution in [3.05, 3.63) is 63.4 Å². The summed E-state index contributed by atoms with van der Waals surface area (Å²) in [4.78, 5) is 4.01. The summed E-state index contributed by atoms with van der Waals surface area (Å²) in [5.74, 6) is 0. The fourth-order valence-corrected chi connectivity index (χ4v) is 2.07. The minimum absolute atomic E-state index is 0.380. The molecule has 2 nitrogen and oxygen atoms in total. The zero-order chi connectivity index (χ0) is 12.4. The molecule has 0 bridgehead atoms. The molecule has 2 aromatic rings. The van der Waals surface area contributed by atoms with Crippen LogP contribution in [0.25, 0.3) is 0 Å². The van der Waals surface area contributed by atoms with E-state index in [1.54, 1.807) is 30.6 Å². The lowest BCUT2D eigenvalue weighted by Crippen LogP contribution is -2.03. The normalized spacial score (nSPS) is 12.5. The van der Waals surface area contributed by atoms with Crippen LogP contribution in [0.15, 0.2) is 36.7 Å². The SMILES string of the molecule is Cc1ccncc1C(O)c1cccc(Cl)c1Cl. The van der Waals surface area contributed by atoms with Gasteiger partial charge in [-0.15, -0.1) is 0 Å². The van der Waals surface area contributed by atoms with E-state index in [0.717, 1.165) is 11.1 Å². The quantitative estimate of drug-likeness (QED) is 0.899. The van der Waals surface area contributed by atoms with E-state index >= 15 is 0 Å². The lowest BCUT2D eigenvalue weighted by atomic mass is 9.99. The summed E-state index contributed by atoms with van der Waals surface area (Å²) in [5.41, 5.74) is 2.29. The van der Waals surface area contributed by atoms with Crippen molar-refractivity contribution < 1.29 is 5.11 Å². The molecule has 1 heterocycles. The van der Waals surface area contributed by atoms with Gasteiger partial charge >= 0.3 is 0 Å². The maximum absolute atomic E-state index is 10.3. The Hall–Kier alpha value is -1.09. The van der Waals surface area contributed by atoms with Gasteiger partial charge in [-0.3, -0.25) is 4.98 Å². The van der Waals surface area contributed by atoms with Crippen LogP contribution in [0.2, 0.25) is 10.0 Å². The van der Waals surface area contributed by atoms with E-state index in [4.69, 9.17) is 23.2 Å². The molecule has 0 amide bonds. The number of aliphatic hydroxyl groups excluding tert-OH is 1. The van der Waals surface area contributed by atoms with Gasteiger partial charge in [-0.05, 0) is 24.6 Å². The number of hydrogen-bond acceptors (Lipinski definition) is 2. The monoisotopic (exact) mass is 267 g/mol. The minimum atomic E-state index is -0.810. The van der Waals surface area contributed by atoms with Crippen LogP contribution in [0.1, 0.15) is 22.8 Å². The van der Waals surface area contributed by atoms with Crippen LogP contribution in [0, 0.1) is 6.92 Å². The van der Waals surface area contributed by atoms with E-state index < -0.39 is 6.10 Å². The van der Waals surface area contributed by atoms with Crippen molar-refractivity contribution in [3.8, 4) is 0 Å². The number of hydrogen-bond donors (Lipinski definition) is 1. The maximum atomic E-state index is 10.3. The highest BCUT2D eigenvalue weighted by Crippen LogP contribution is 2.33. The highest BCUT2D eigenvalue weighted by Gasteiger charge is 2.17. The second kappa shape index (κ2) is 5.05. The first-order valence-electron chi connectivity index (χ1n) is 5.13. The lowest BCUT2D eigenvalue weighted by molar-refractivity contribution is 0.219. The Morgan fingerprint density at radius 1 is 1.18 bits per heavy atom. The Labute approximate surface area is 110 Å². The lowest BCUT2D eigenvalue weighted by Gasteiger charge is -2.15. The topological polar surface area (TPSA) is 33.1 Å². The van der Waals surface area contributed by atoms with Gasteiger partial charge < -0.3 is 5.11 Å². The minimum Gasteiger partial charge on any atom is -0.384 e. The third-order valence-corrected chi connectivity index (χ3v) is 3.48.